The van der Waals surface area contributed by atoms with Gasteiger partial charge in [0.15, 0.2) is 0 Å². The highest BCUT2D eigenvalue weighted by Gasteiger charge is 2.19. The Bertz CT molecular complexity index is 127. The third-order valence-corrected chi connectivity index (χ3v) is 2.09. The van der Waals surface area contributed by atoms with Gasteiger partial charge in [-0.05, 0) is 37.8 Å². The summed E-state index contributed by atoms with van der Waals surface area (Å²) in [5.74, 6) is 0.961. The maximum Gasteiger partial charge on any atom is 0.0173 e. The lowest BCUT2D eigenvalue weighted by Crippen LogP contribution is -2.18. The largest absolute Gasteiger partial charge is 0.313 e. The molecular weight excluding hydrogens is 146 g/mol. The van der Waals surface area contributed by atoms with Gasteiger partial charge in [-0.25, -0.2) is 0 Å². The minimum atomic E-state index is 0.944. The number of nitrogens with one attached hydrogen (secondary N) is 1. The van der Waals surface area contributed by atoms with E-state index in [2.05, 4.69) is 5.32 Å². The summed E-state index contributed by atoms with van der Waals surface area (Å²) in [6.07, 6.45) is 2.83. The van der Waals surface area contributed by atoms with Gasteiger partial charge in [0.05, 0.1) is 0 Å². The molecule has 0 bridgehead atoms. The quantitative estimate of drug-likeness (QED) is 0.663. The summed E-state index contributed by atoms with van der Waals surface area (Å²) < 4.78 is 0. The van der Waals surface area contributed by atoms with Gasteiger partial charge in [-0.2, -0.15) is 0 Å². The molecule has 0 heterocycles. The average molecular weight is 160 g/mol. The Morgan fingerprint density at radius 3 is 2.90 bits per heavy atom. The highest BCUT2D eigenvalue weighted by atomic mass is 35.5. The molecule has 1 aliphatic rings. The molecule has 10 heavy (non-hydrogen) atoms. The predicted octanol–water partition coefficient (Wildman–Crippen LogP) is 2.13. The number of hydrogen-bond donors (Lipinski definition) is 1. The Balaban J connectivity index is 1.93. The predicted molar refractivity (Wildman–Crippen MR) is 45.2 cm³/mol. The fraction of sp³-hybridized carbons (Fsp3) is 0.750. The lowest BCUT2D eigenvalue weighted by molar-refractivity contribution is 0.671. The van der Waals surface area contributed by atoms with E-state index < -0.39 is 0 Å². The van der Waals surface area contributed by atoms with Gasteiger partial charge in [-0.1, -0.05) is 11.6 Å². The Hall–Kier alpha value is -0.0100. The molecule has 0 amide bonds. The number of rotatable bonds is 4. The van der Waals surface area contributed by atoms with Crippen molar-refractivity contribution in [1.29, 1.82) is 0 Å². The average Bonchev–Trinajstić information content (AvgIpc) is 2.71. The van der Waals surface area contributed by atoms with E-state index in [1.807, 2.05) is 6.92 Å². The second-order valence-corrected chi connectivity index (χ2v) is 3.25. The molecule has 2 heteroatoms. The molecule has 1 fully saturated rings. The van der Waals surface area contributed by atoms with Gasteiger partial charge in [0.1, 0.15) is 0 Å². The first kappa shape index (κ1) is 8.09. The smallest absolute Gasteiger partial charge is 0.0173 e. The minimum Gasteiger partial charge on any atom is -0.313 e. The van der Waals surface area contributed by atoms with Crippen LogP contribution in [0.1, 0.15) is 19.8 Å². The van der Waals surface area contributed by atoms with E-state index in [1.54, 1.807) is 5.54 Å². The van der Waals surface area contributed by atoms with Crippen LogP contribution in [0.25, 0.3) is 0 Å². The third-order valence-electron chi connectivity index (χ3n) is 1.72. The summed E-state index contributed by atoms with van der Waals surface area (Å²) in [5.41, 5.74) is 2.85. The zero-order chi connectivity index (χ0) is 7.40. The molecule has 1 rings (SSSR count). The molecule has 0 saturated heterocycles. The summed E-state index contributed by atoms with van der Waals surface area (Å²) in [6, 6.07) is 0. The van der Waals surface area contributed by atoms with Gasteiger partial charge in [-0.3, -0.25) is 0 Å². The van der Waals surface area contributed by atoms with Crippen LogP contribution in [0, 0.1) is 5.92 Å². The molecule has 0 atom stereocenters. The van der Waals surface area contributed by atoms with E-state index in [-0.39, 0.29) is 0 Å². The summed E-state index contributed by atoms with van der Waals surface area (Å²) in [4.78, 5) is 0. The lowest BCUT2D eigenvalue weighted by atomic mass is 10.3. The second kappa shape index (κ2) is 3.99. The maximum atomic E-state index is 5.48. The number of halogens is 1. The summed E-state index contributed by atoms with van der Waals surface area (Å²) in [6.45, 7) is 4.15. The number of hydrogen-bond acceptors (Lipinski definition) is 1. The van der Waals surface area contributed by atoms with Crippen molar-refractivity contribution < 1.29 is 0 Å². The van der Waals surface area contributed by atoms with E-state index >= 15 is 0 Å². The summed E-state index contributed by atoms with van der Waals surface area (Å²) in [5, 5.41) is 3.35. The van der Waals surface area contributed by atoms with Crippen LogP contribution < -0.4 is 5.32 Å². The van der Waals surface area contributed by atoms with Crippen LogP contribution in [0.3, 0.4) is 0 Å². The fourth-order valence-electron chi connectivity index (χ4n) is 0.834. The molecule has 1 nitrogen and oxygen atoms in total. The topological polar surface area (TPSA) is 12.0 Å². The standard InChI is InChI=1S/C8H14ClN/c1-7(4-9)5-10-6-8-2-3-8/h4,8,10H,2-3,5-6H2,1H3. The van der Waals surface area contributed by atoms with Crippen molar-refractivity contribution in [3.63, 3.8) is 0 Å². The normalized spacial score (nSPS) is 19.6. The van der Waals surface area contributed by atoms with Crippen molar-refractivity contribution in [3.05, 3.63) is 11.1 Å². The molecule has 0 aromatic rings. The van der Waals surface area contributed by atoms with E-state index in [0.717, 1.165) is 12.5 Å². The minimum absolute atomic E-state index is 0.944. The summed E-state index contributed by atoms with van der Waals surface area (Å²) >= 11 is 5.48. The van der Waals surface area contributed by atoms with Gasteiger partial charge in [0.25, 0.3) is 0 Å². The van der Waals surface area contributed by atoms with Gasteiger partial charge in [0.2, 0.25) is 0 Å². The molecule has 1 N–H and O–H groups in total. The molecule has 0 radical (unpaired) electrons. The zero-order valence-electron chi connectivity index (χ0n) is 6.36. The van der Waals surface area contributed by atoms with Crippen molar-refractivity contribution >= 4 is 11.6 Å². The van der Waals surface area contributed by atoms with Crippen molar-refractivity contribution in [2.24, 2.45) is 5.92 Å². The third kappa shape index (κ3) is 3.23. The van der Waals surface area contributed by atoms with Crippen molar-refractivity contribution in [2.75, 3.05) is 13.1 Å². The van der Waals surface area contributed by atoms with Crippen molar-refractivity contribution in [2.45, 2.75) is 19.8 Å². The van der Waals surface area contributed by atoms with Crippen molar-refractivity contribution in [1.82, 2.24) is 5.32 Å². The van der Waals surface area contributed by atoms with E-state index in [1.165, 1.54) is 25.0 Å². The van der Waals surface area contributed by atoms with Crippen molar-refractivity contribution in [3.8, 4) is 0 Å². The van der Waals surface area contributed by atoms with Crippen LogP contribution >= 0.6 is 11.6 Å². The molecule has 1 saturated carbocycles. The second-order valence-electron chi connectivity index (χ2n) is 3.03. The van der Waals surface area contributed by atoms with E-state index in [9.17, 15) is 0 Å². The first-order valence-corrected chi connectivity index (χ1v) is 4.23. The Morgan fingerprint density at radius 2 is 2.40 bits per heavy atom. The van der Waals surface area contributed by atoms with Gasteiger partial charge in [-0.15, -0.1) is 0 Å². The molecule has 1 aliphatic carbocycles. The van der Waals surface area contributed by atoms with E-state index in [0.29, 0.717) is 0 Å². The van der Waals surface area contributed by atoms with E-state index in [4.69, 9.17) is 11.6 Å². The zero-order valence-corrected chi connectivity index (χ0v) is 7.12. The summed E-state index contributed by atoms with van der Waals surface area (Å²) in [7, 11) is 0. The Labute approximate surface area is 67.5 Å². The van der Waals surface area contributed by atoms with Crippen LogP contribution in [0.15, 0.2) is 11.1 Å². The fourth-order valence-corrected chi connectivity index (χ4v) is 0.911. The van der Waals surface area contributed by atoms with Crippen LogP contribution in [-0.2, 0) is 0 Å². The van der Waals surface area contributed by atoms with Gasteiger partial charge >= 0.3 is 0 Å². The first-order valence-electron chi connectivity index (χ1n) is 3.79. The molecule has 0 spiro atoms. The molecule has 0 aromatic heterocycles. The van der Waals surface area contributed by atoms with Gasteiger partial charge < -0.3 is 5.32 Å². The highest BCUT2D eigenvalue weighted by molar-refractivity contribution is 6.25. The first-order chi connectivity index (χ1) is 4.83. The molecular formula is C8H14ClN. The van der Waals surface area contributed by atoms with Crippen LogP contribution in [0.4, 0.5) is 0 Å². The van der Waals surface area contributed by atoms with Crippen LogP contribution in [0.2, 0.25) is 0 Å². The highest BCUT2D eigenvalue weighted by Crippen LogP contribution is 2.27. The monoisotopic (exact) mass is 159 g/mol. The van der Waals surface area contributed by atoms with Crippen LogP contribution in [0.5, 0.6) is 0 Å². The van der Waals surface area contributed by atoms with Crippen LogP contribution in [-0.4, -0.2) is 13.1 Å². The van der Waals surface area contributed by atoms with Gasteiger partial charge in [0, 0.05) is 12.1 Å². The molecule has 0 unspecified atom stereocenters. The lowest BCUT2D eigenvalue weighted by Gasteiger charge is -2.01. The Kier molecular flexibility index (Phi) is 3.23. The Morgan fingerprint density at radius 1 is 1.70 bits per heavy atom. The SMILES string of the molecule is CC(=CCl)CNCC1CC1. The molecule has 0 aromatic carbocycles. The maximum absolute atomic E-state index is 5.48. The molecule has 0 aliphatic heterocycles. The molecule has 58 valence electrons.